The monoisotopic (exact) mass is 467 g/mol. The van der Waals surface area contributed by atoms with Crippen molar-refractivity contribution in [2.75, 3.05) is 6.61 Å². The molecule has 0 spiro atoms. The van der Waals surface area contributed by atoms with E-state index in [1.165, 1.54) is 34.9 Å². The van der Waals surface area contributed by atoms with Gasteiger partial charge in [0.25, 0.3) is 5.56 Å². The number of hydrogen-bond donors (Lipinski definition) is 1. The summed E-state index contributed by atoms with van der Waals surface area (Å²) in [6, 6.07) is 12.7. The number of hydrogen-bond acceptors (Lipinski definition) is 6. The molecule has 0 amide bonds. The Kier molecular flexibility index (Phi) is 4.96. The molecule has 3 heterocycles. The SMILES string of the molecule is Cn1cc2cc(-c3cc4ncc(OCC(F)(F)F)nc4n(-c4ccc(O)cc4)c3=O)ccc2n1. The number of aromatic nitrogens is 5. The Morgan fingerprint density at radius 1 is 1.06 bits per heavy atom. The second kappa shape index (κ2) is 7.87. The molecule has 0 atom stereocenters. The van der Waals surface area contributed by atoms with E-state index in [-0.39, 0.29) is 22.8 Å². The van der Waals surface area contributed by atoms with Crippen LogP contribution in [0.4, 0.5) is 13.2 Å². The first-order chi connectivity index (χ1) is 16.2. The van der Waals surface area contributed by atoms with Crippen LogP contribution in [0.3, 0.4) is 0 Å². The fourth-order valence-electron chi connectivity index (χ4n) is 3.64. The highest BCUT2D eigenvalue weighted by Gasteiger charge is 2.29. The lowest BCUT2D eigenvalue weighted by atomic mass is 10.0. The molecule has 0 radical (unpaired) electrons. The number of aryl methyl sites for hydroxylation is 1. The van der Waals surface area contributed by atoms with E-state index in [9.17, 15) is 23.1 Å². The van der Waals surface area contributed by atoms with Gasteiger partial charge in [-0.1, -0.05) is 6.07 Å². The molecule has 2 aromatic carbocycles. The number of aromatic hydroxyl groups is 1. The average Bonchev–Trinajstić information content (AvgIpc) is 3.17. The van der Waals surface area contributed by atoms with Gasteiger partial charge < -0.3 is 9.84 Å². The highest BCUT2D eigenvalue weighted by Crippen LogP contribution is 2.26. The Bertz CT molecular complexity index is 1590. The molecule has 8 nitrogen and oxygen atoms in total. The third-order valence-electron chi connectivity index (χ3n) is 5.11. The molecule has 1 N–H and O–H groups in total. The summed E-state index contributed by atoms with van der Waals surface area (Å²) in [5.41, 5.74) is 1.85. The molecule has 0 saturated carbocycles. The molecule has 11 heteroatoms. The number of pyridine rings is 1. The summed E-state index contributed by atoms with van der Waals surface area (Å²) in [5.74, 6) is -0.388. The van der Waals surface area contributed by atoms with Gasteiger partial charge in [0.05, 0.1) is 17.4 Å². The van der Waals surface area contributed by atoms with E-state index in [0.717, 1.165) is 17.1 Å². The molecule has 5 aromatic rings. The minimum Gasteiger partial charge on any atom is -0.508 e. The van der Waals surface area contributed by atoms with Gasteiger partial charge in [0, 0.05) is 24.2 Å². The van der Waals surface area contributed by atoms with Crippen molar-refractivity contribution in [3.8, 4) is 28.4 Å². The lowest BCUT2D eigenvalue weighted by Crippen LogP contribution is -2.23. The van der Waals surface area contributed by atoms with Gasteiger partial charge in [-0.15, -0.1) is 0 Å². The lowest BCUT2D eigenvalue weighted by Gasteiger charge is -2.14. The van der Waals surface area contributed by atoms with Gasteiger partial charge in [0.2, 0.25) is 5.88 Å². The van der Waals surface area contributed by atoms with Crippen LogP contribution in [0, 0.1) is 0 Å². The molecule has 172 valence electrons. The van der Waals surface area contributed by atoms with Crippen molar-refractivity contribution < 1.29 is 23.0 Å². The molecular weight excluding hydrogens is 451 g/mol. The van der Waals surface area contributed by atoms with E-state index in [0.29, 0.717) is 16.8 Å². The molecule has 5 rings (SSSR count). The fourth-order valence-corrected chi connectivity index (χ4v) is 3.64. The maximum atomic E-state index is 13.6. The Balaban J connectivity index is 1.73. The van der Waals surface area contributed by atoms with Gasteiger partial charge in [-0.3, -0.25) is 14.0 Å². The molecular formula is C23H16F3N5O3. The van der Waals surface area contributed by atoms with E-state index < -0.39 is 18.3 Å². The maximum absolute atomic E-state index is 13.6. The number of fused-ring (bicyclic) bond motifs is 2. The largest absolute Gasteiger partial charge is 0.508 e. The van der Waals surface area contributed by atoms with Crippen LogP contribution in [0.1, 0.15) is 0 Å². The van der Waals surface area contributed by atoms with Crippen LogP contribution in [0.15, 0.2) is 65.7 Å². The minimum absolute atomic E-state index is 0.0143. The van der Waals surface area contributed by atoms with Crippen molar-refractivity contribution in [3.63, 3.8) is 0 Å². The number of rotatable bonds is 4. The Morgan fingerprint density at radius 3 is 2.56 bits per heavy atom. The summed E-state index contributed by atoms with van der Waals surface area (Å²) in [4.78, 5) is 22.0. The van der Waals surface area contributed by atoms with Gasteiger partial charge in [-0.2, -0.15) is 23.3 Å². The highest BCUT2D eigenvalue weighted by molar-refractivity contribution is 5.86. The number of benzene rings is 2. The summed E-state index contributed by atoms with van der Waals surface area (Å²) >= 11 is 0. The smallest absolute Gasteiger partial charge is 0.422 e. The number of phenols is 1. The molecule has 0 unspecified atom stereocenters. The molecule has 3 aromatic heterocycles. The Labute approximate surface area is 189 Å². The van der Waals surface area contributed by atoms with Crippen LogP contribution >= 0.6 is 0 Å². The van der Waals surface area contributed by atoms with E-state index in [4.69, 9.17) is 4.74 Å². The fraction of sp³-hybridized carbons (Fsp3) is 0.130. The van der Waals surface area contributed by atoms with Crippen molar-refractivity contribution in [3.05, 3.63) is 71.3 Å². The average molecular weight is 467 g/mol. The molecule has 0 aliphatic rings. The number of nitrogens with zero attached hydrogens (tertiary/aromatic N) is 5. The highest BCUT2D eigenvalue weighted by atomic mass is 19.4. The topological polar surface area (TPSA) is 95.1 Å². The van der Waals surface area contributed by atoms with Gasteiger partial charge in [-0.25, -0.2) is 4.98 Å². The summed E-state index contributed by atoms with van der Waals surface area (Å²) in [7, 11) is 1.79. The van der Waals surface area contributed by atoms with Crippen LogP contribution in [-0.2, 0) is 7.05 Å². The van der Waals surface area contributed by atoms with Crippen LogP contribution in [-0.4, -0.2) is 42.2 Å². The van der Waals surface area contributed by atoms with Crippen molar-refractivity contribution in [1.29, 1.82) is 0 Å². The summed E-state index contributed by atoms with van der Waals surface area (Å²) in [5, 5.41) is 14.8. The first kappa shape index (κ1) is 21.4. The zero-order chi connectivity index (χ0) is 24.0. The van der Waals surface area contributed by atoms with Crippen LogP contribution in [0.2, 0.25) is 0 Å². The zero-order valence-corrected chi connectivity index (χ0v) is 17.6. The second-order valence-corrected chi connectivity index (χ2v) is 7.61. The van der Waals surface area contributed by atoms with Crippen molar-refractivity contribution >= 4 is 22.1 Å². The number of alkyl halides is 3. The number of ether oxygens (including phenoxy) is 1. The Morgan fingerprint density at radius 2 is 1.82 bits per heavy atom. The van der Waals surface area contributed by atoms with Gasteiger partial charge >= 0.3 is 6.18 Å². The summed E-state index contributed by atoms with van der Waals surface area (Å²) in [6.45, 7) is -1.54. The zero-order valence-electron chi connectivity index (χ0n) is 17.6. The maximum Gasteiger partial charge on any atom is 0.422 e. The summed E-state index contributed by atoms with van der Waals surface area (Å²) in [6.07, 6.45) is -1.65. The third kappa shape index (κ3) is 4.03. The summed E-state index contributed by atoms with van der Waals surface area (Å²) < 4.78 is 45.4. The van der Waals surface area contributed by atoms with Crippen molar-refractivity contribution in [2.24, 2.45) is 7.05 Å². The number of phenolic OH excluding ortho intramolecular Hbond substituents is 1. The van der Waals surface area contributed by atoms with Crippen LogP contribution in [0.25, 0.3) is 38.9 Å². The quantitative estimate of drug-likeness (QED) is 0.430. The van der Waals surface area contributed by atoms with E-state index >= 15 is 0 Å². The van der Waals surface area contributed by atoms with Gasteiger partial charge in [0.1, 0.15) is 11.3 Å². The molecule has 0 aliphatic carbocycles. The molecule has 0 fully saturated rings. The molecule has 34 heavy (non-hydrogen) atoms. The van der Waals surface area contributed by atoms with Crippen molar-refractivity contribution in [2.45, 2.75) is 6.18 Å². The molecule has 0 saturated heterocycles. The van der Waals surface area contributed by atoms with E-state index in [1.807, 2.05) is 12.3 Å². The van der Waals surface area contributed by atoms with Gasteiger partial charge in [0.15, 0.2) is 12.3 Å². The number of halogens is 3. The standard InChI is InChI=1S/C23H16F3N5O3/c1-30-11-14-8-13(2-7-18(14)29-30)17-9-19-21(28-20(10-27-19)34-12-23(24,25)26)31(22(17)33)15-3-5-16(32)6-4-15/h2-11,32H,12H2,1H3. The first-order valence-corrected chi connectivity index (χ1v) is 10.0. The predicted molar refractivity (Wildman–Crippen MR) is 118 cm³/mol. The molecule has 0 bridgehead atoms. The van der Waals surface area contributed by atoms with Crippen LogP contribution < -0.4 is 10.3 Å². The van der Waals surface area contributed by atoms with E-state index in [1.54, 1.807) is 23.9 Å². The predicted octanol–water partition coefficient (Wildman–Crippen LogP) is 3.98. The third-order valence-corrected chi connectivity index (χ3v) is 5.11. The van der Waals surface area contributed by atoms with Crippen molar-refractivity contribution in [1.82, 2.24) is 24.3 Å². The van der Waals surface area contributed by atoms with Crippen LogP contribution in [0.5, 0.6) is 11.6 Å². The Hall–Kier alpha value is -4.41. The van der Waals surface area contributed by atoms with Gasteiger partial charge in [-0.05, 0) is 48.0 Å². The lowest BCUT2D eigenvalue weighted by molar-refractivity contribution is -0.154. The first-order valence-electron chi connectivity index (χ1n) is 10.0. The van der Waals surface area contributed by atoms with E-state index in [2.05, 4.69) is 15.1 Å². The second-order valence-electron chi connectivity index (χ2n) is 7.61. The minimum atomic E-state index is -4.55. The molecule has 0 aliphatic heterocycles. The normalized spacial score (nSPS) is 11.9.